The van der Waals surface area contributed by atoms with Crippen molar-refractivity contribution in [3.05, 3.63) is 49.6 Å². The van der Waals surface area contributed by atoms with E-state index in [1.54, 1.807) is 17.4 Å². The van der Waals surface area contributed by atoms with Crippen LogP contribution in [-0.2, 0) is 11.3 Å². The number of hydrogen-bond donors (Lipinski definition) is 0. The van der Waals surface area contributed by atoms with Crippen LogP contribution in [0, 0.1) is 24.0 Å². The first-order chi connectivity index (χ1) is 13.9. The minimum atomic E-state index is -0.514. The summed E-state index contributed by atoms with van der Waals surface area (Å²) in [4.78, 5) is 24.4. The standard InChI is InChI=1S/C19H19ClN4O4S/c1-11-12(2)29-19-17(11)18(21-16(22-19)10-23-5-7-27-8-6-23)28-15-4-3-13(20)9-14(15)24(25)26/h3-4,9H,5-8,10H2,1-2H3. The molecule has 0 amide bonds. The number of fused-ring (bicyclic) bond motifs is 1. The molecule has 0 unspecified atom stereocenters. The Hall–Kier alpha value is -2.33. The molecule has 8 nitrogen and oxygen atoms in total. The molecule has 0 spiro atoms. The maximum absolute atomic E-state index is 11.4. The average molecular weight is 435 g/mol. The minimum absolute atomic E-state index is 0.0972. The van der Waals surface area contributed by atoms with E-state index in [0.717, 1.165) is 33.7 Å². The topological polar surface area (TPSA) is 90.6 Å². The lowest BCUT2D eigenvalue weighted by Crippen LogP contribution is -2.36. The van der Waals surface area contributed by atoms with Gasteiger partial charge in [-0.25, -0.2) is 4.98 Å². The molecule has 0 saturated carbocycles. The van der Waals surface area contributed by atoms with Gasteiger partial charge in [0.1, 0.15) is 10.7 Å². The number of benzene rings is 1. The van der Waals surface area contributed by atoms with Gasteiger partial charge < -0.3 is 9.47 Å². The Morgan fingerprint density at radius 1 is 1.31 bits per heavy atom. The lowest BCUT2D eigenvalue weighted by Gasteiger charge is -2.25. The zero-order valence-corrected chi connectivity index (χ0v) is 17.5. The van der Waals surface area contributed by atoms with Gasteiger partial charge in [-0.05, 0) is 31.5 Å². The normalized spacial score (nSPS) is 15.0. The fourth-order valence-corrected chi connectivity index (χ4v) is 4.39. The molecule has 0 atom stereocenters. The molecule has 2 aromatic heterocycles. The van der Waals surface area contributed by atoms with Crippen LogP contribution in [0.4, 0.5) is 5.69 Å². The number of hydrogen-bond acceptors (Lipinski definition) is 8. The second kappa shape index (κ2) is 8.19. The summed E-state index contributed by atoms with van der Waals surface area (Å²) in [6.07, 6.45) is 0. The Bertz CT molecular complexity index is 1080. The molecule has 152 valence electrons. The molecule has 0 aliphatic carbocycles. The van der Waals surface area contributed by atoms with Crippen molar-refractivity contribution in [3.8, 4) is 11.6 Å². The highest BCUT2D eigenvalue weighted by molar-refractivity contribution is 7.18. The van der Waals surface area contributed by atoms with E-state index >= 15 is 0 Å². The van der Waals surface area contributed by atoms with Crippen molar-refractivity contribution in [1.82, 2.24) is 14.9 Å². The van der Waals surface area contributed by atoms with Crippen LogP contribution in [0.2, 0.25) is 5.02 Å². The second-order valence-corrected chi connectivity index (χ2v) is 8.41. The summed E-state index contributed by atoms with van der Waals surface area (Å²) in [6, 6.07) is 4.32. The third-order valence-electron chi connectivity index (χ3n) is 4.83. The van der Waals surface area contributed by atoms with Gasteiger partial charge in [0.25, 0.3) is 0 Å². The molecule has 3 aromatic rings. The molecule has 1 fully saturated rings. The summed E-state index contributed by atoms with van der Waals surface area (Å²) < 4.78 is 11.4. The number of aryl methyl sites for hydroxylation is 2. The van der Waals surface area contributed by atoms with Crippen LogP contribution in [0.1, 0.15) is 16.3 Å². The highest BCUT2D eigenvalue weighted by Crippen LogP contribution is 2.39. The zero-order chi connectivity index (χ0) is 20.5. The van der Waals surface area contributed by atoms with Gasteiger partial charge in [0.15, 0.2) is 0 Å². The van der Waals surface area contributed by atoms with Crippen LogP contribution in [0.3, 0.4) is 0 Å². The minimum Gasteiger partial charge on any atom is -0.431 e. The van der Waals surface area contributed by atoms with Gasteiger partial charge in [-0.3, -0.25) is 15.0 Å². The number of nitro benzene ring substituents is 1. The van der Waals surface area contributed by atoms with E-state index in [9.17, 15) is 10.1 Å². The van der Waals surface area contributed by atoms with E-state index in [0.29, 0.717) is 31.5 Å². The SMILES string of the molecule is Cc1sc2nc(CN3CCOCC3)nc(Oc3ccc(Cl)cc3[N+](=O)[O-])c2c1C. The molecule has 10 heteroatoms. The van der Waals surface area contributed by atoms with Crippen molar-refractivity contribution in [3.63, 3.8) is 0 Å². The van der Waals surface area contributed by atoms with Crippen molar-refractivity contribution in [2.75, 3.05) is 26.3 Å². The summed E-state index contributed by atoms with van der Waals surface area (Å²) in [7, 11) is 0. The average Bonchev–Trinajstić information content (AvgIpc) is 2.98. The molecule has 1 aromatic carbocycles. The number of morpholine rings is 1. The summed E-state index contributed by atoms with van der Waals surface area (Å²) in [5.41, 5.74) is 0.804. The van der Waals surface area contributed by atoms with Gasteiger partial charge in [-0.15, -0.1) is 11.3 Å². The number of nitro groups is 1. The molecule has 1 aliphatic rings. The van der Waals surface area contributed by atoms with E-state index in [4.69, 9.17) is 26.1 Å². The zero-order valence-electron chi connectivity index (χ0n) is 16.0. The Morgan fingerprint density at radius 2 is 2.07 bits per heavy atom. The summed E-state index contributed by atoms with van der Waals surface area (Å²) in [6.45, 7) is 7.53. The van der Waals surface area contributed by atoms with Crippen LogP contribution in [-0.4, -0.2) is 46.1 Å². The van der Waals surface area contributed by atoms with Gasteiger partial charge >= 0.3 is 5.69 Å². The van der Waals surface area contributed by atoms with Gasteiger partial charge in [-0.1, -0.05) is 11.6 Å². The van der Waals surface area contributed by atoms with Gasteiger partial charge in [-0.2, -0.15) is 4.98 Å². The summed E-state index contributed by atoms with van der Waals surface area (Å²) in [5, 5.41) is 12.5. The third-order valence-corrected chi connectivity index (χ3v) is 6.17. The molecule has 0 N–H and O–H groups in total. The fraction of sp³-hybridized carbons (Fsp3) is 0.368. The smallest absolute Gasteiger partial charge is 0.313 e. The van der Waals surface area contributed by atoms with Crippen molar-refractivity contribution >= 4 is 38.8 Å². The number of ether oxygens (including phenoxy) is 2. The van der Waals surface area contributed by atoms with Gasteiger partial charge in [0.2, 0.25) is 11.6 Å². The van der Waals surface area contributed by atoms with E-state index < -0.39 is 4.92 Å². The van der Waals surface area contributed by atoms with Crippen LogP contribution in [0.5, 0.6) is 11.6 Å². The molecule has 1 saturated heterocycles. The monoisotopic (exact) mass is 434 g/mol. The molecule has 3 heterocycles. The highest BCUT2D eigenvalue weighted by Gasteiger charge is 2.22. The molecule has 0 bridgehead atoms. The predicted octanol–water partition coefficient (Wildman–Crippen LogP) is 4.49. The molecular formula is C19H19ClN4O4S. The summed E-state index contributed by atoms with van der Waals surface area (Å²) >= 11 is 7.48. The van der Waals surface area contributed by atoms with Gasteiger partial charge in [0.05, 0.1) is 30.1 Å². The van der Waals surface area contributed by atoms with E-state index in [-0.39, 0.29) is 16.5 Å². The number of nitrogens with zero attached hydrogens (tertiary/aromatic N) is 4. The summed E-state index contributed by atoms with van der Waals surface area (Å²) in [5.74, 6) is 1.04. The molecule has 0 radical (unpaired) electrons. The van der Waals surface area contributed by atoms with E-state index in [2.05, 4.69) is 9.88 Å². The Morgan fingerprint density at radius 3 is 2.79 bits per heavy atom. The van der Waals surface area contributed by atoms with Crippen molar-refractivity contribution in [2.24, 2.45) is 0 Å². The molecule has 29 heavy (non-hydrogen) atoms. The van der Waals surface area contributed by atoms with Crippen LogP contribution < -0.4 is 4.74 Å². The first-order valence-electron chi connectivity index (χ1n) is 9.11. The fourth-order valence-electron chi connectivity index (χ4n) is 3.18. The first kappa shape index (κ1) is 20.0. The largest absolute Gasteiger partial charge is 0.431 e. The maximum Gasteiger partial charge on any atom is 0.313 e. The predicted molar refractivity (Wildman–Crippen MR) is 111 cm³/mol. The third kappa shape index (κ3) is 4.18. The Kier molecular flexibility index (Phi) is 5.64. The molecule has 1 aliphatic heterocycles. The van der Waals surface area contributed by atoms with Crippen LogP contribution >= 0.6 is 22.9 Å². The number of rotatable bonds is 5. The van der Waals surface area contributed by atoms with Crippen molar-refractivity contribution in [1.29, 1.82) is 0 Å². The molecule has 4 rings (SSSR count). The Balaban J connectivity index is 1.77. The number of thiophene rings is 1. The van der Waals surface area contributed by atoms with E-state index in [1.165, 1.54) is 12.1 Å². The van der Waals surface area contributed by atoms with Crippen molar-refractivity contribution in [2.45, 2.75) is 20.4 Å². The molecular weight excluding hydrogens is 416 g/mol. The lowest BCUT2D eigenvalue weighted by molar-refractivity contribution is -0.385. The number of aromatic nitrogens is 2. The number of halogens is 1. The van der Waals surface area contributed by atoms with Crippen LogP contribution in [0.15, 0.2) is 18.2 Å². The Labute approximate surface area is 176 Å². The second-order valence-electron chi connectivity index (χ2n) is 6.77. The lowest BCUT2D eigenvalue weighted by atomic mass is 10.2. The van der Waals surface area contributed by atoms with E-state index in [1.807, 2.05) is 13.8 Å². The van der Waals surface area contributed by atoms with Gasteiger partial charge in [0, 0.05) is 29.1 Å². The maximum atomic E-state index is 11.4. The van der Waals surface area contributed by atoms with Crippen LogP contribution in [0.25, 0.3) is 10.2 Å². The quantitative estimate of drug-likeness (QED) is 0.431. The van der Waals surface area contributed by atoms with Crippen molar-refractivity contribution < 1.29 is 14.4 Å². The highest BCUT2D eigenvalue weighted by atomic mass is 35.5. The first-order valence-corrected chi connectivity index (χ1v) is 10.3.